The minimum Gasteiger partial charge on any atom is -0.309 e. The third-order valence-corrected chi connectivity index (χ3v) is 12.3. The van der Waals surface area contributed by atoms with Crippen molar-refractivity contribution in [2.45, 2.75) is 0 Å². The van der Waals surface area contributed by atoms with Crippen molar-refractivity contribution in [1.29, 1.82) is 0 Å². The van der Waals surface area contributed by atoms with E-state index in [4.69, 9.17) is 9.97 Å². The van der Waals surface area contributed by atoms with E-state index in [1.54, 1.807) is 0 Å². The molecule has 13 rings (SSSR count). The van der Waals surface area contributed by atoms with Crippen LogP contribution in [0.15, 0.2) is 194 Å². The highest BCUT2D eigenvalue weighted by atomic mass is 15.2. The van der Waals surface area contributed by atoms with Crippen LogP contribution in [0.5, 0.6) is 0 Å². The molecule has 0 fully saturated rings. The van der Waals surface area contributed by atoms with Gasteiger partial charge in [0.2, 0.25) is 5.95 Å². The highest BCUT2D eigenvalue weighted by Crippen LogP contribution is 2.46. The fourth-order valence-electron chi connectivity index (χ4n) is 9.92. The monoisotopic (exact) mass is 736 g/mol. The molecular formula is C54H32N4. The van der Waals surface area contributed by atoms with Gasteiger partial charge in [-0.15, -0.1) is 0 Å². The second-order valence-corrected chi connectivity index (χ2v) is 15.3. The van der Waals surface area contributed by atoms with Crippen LogP contribution >= 0.6 is 0 Å². The van der Waals surface area contributed by atoms with E-state index in [1.165, 1.54) is 64.6 Å². The molecule has 0 bridgehead atoms. The van der Waals surface area contributed by atoms with Gasteiger partial charge < -0.3 is 4.57 Å². The van der Waals surface area contributed by atoms with E-state index in [2.05, 4.69) is 203 Å². The van der Waals surface area contributed by atoms with Gasteiger partial charge in [0.15, 0.2) is 0 Å². The molecule has 0 radical (unpaired) electrons. The summed E-state index contributed by atoms with van der Waals surface area (Å²) in [6.07, 6.45) is 0. The van der Waals surface area contributed by atoms with Gasteiger partial charge in [-0.1, -0.05) is 152 Å². The van der Waals surface area contributed by atoms with E-state index >= 15 is 0 Å². The Morgan fingerprint density at radius 1 is 0.293 bits per heavy atom. The molecule has 13 aromatic rings. The summed E-state index contributed by atoms with van der Waals surface area (Å²) in [6, 6.07) is 70.0. The highest BCUT2D eigenvalue weighted by molar-refractivity contribution is 6.37. The van der Waals surface area contributed by atoms with Gasteiger partial charge in [0.1, 0.15) is 0 Å². The molecule has 0 N–H and O–H groups in total. The van der Waals surface area contributed by atoms with Crippen molar-refractivity contribution in [3.05, 3.63) is 194 Å². The third-order valence-electron chi connectivity index (χ3n) is 12.3. The number of hydrogen-bond donors (Lipinski definition) is 0. The van der Waals surface area contributed by atoms with Gasteiger partial charge in [-0.05, 0) is 80.2 Å². The number of rotatable bonds is 3. The van der Waals surface area contributed by atoms with E-state index in [1.807, 2.05) is 0 Å². The van der Waals surface area contributed by atoms with E-state index < -0.39 is 0 Å². The lowest BCUT2D eigenvalue weighted by atomic mass is 9.91. The maximum absolute atomic E-state index is 5.67. The Bertz CT molecular complexity index is 3820. The maximum atomic E-state index is 5.67. The number of nitrogens with zero attached hydrogens (tertiary/aromatic N) is 4. The van der Waals surface area contributed by atoms with Crippen molar-refractivity contribution in [2.24, 2.45) is 0 Å². The summed E-state index contributed by atoms with van der Waals surface area (Å²) in [5, 5.41) is 15.8. The van der Waals surface area contributed by atoms with Gasteiger partial charge >= 0.3 is 0 Å². The quantitative estimate of drug-likeness (QED) is 0.169. The zero-order valence-corrected chi connectivity index (χ0v) is 31.3. The Labute approximate surface area is 332 Å². The Kier molecular flexibility index (Phi) is 6.41. The molecule has 0 aliphatic rings. The van der Waals surface area contributed by atoms with Crippen LogP contribution in [0, 0.1) is 0 Å². The largest absolute Gasteiger partial charge is 0.309 e. The minimum atomic E-state index is 0.650. The first-order chi connectivity index (χ1) is 28.8. The smallest absolute Gasteiger partial charge is 0.235 e. The van der Waals surface area contributed by atoms with Crippen molar-refractivity contribution >= 4 is 97.6 Å². The molecule has 10 aromatic carbocycles. The molecule has 268 valence electrons. The maximum Gasteiger partial charge on any atom is 0.235 e. The Morgan fingerprint density at radius 3 is 1.67 bits per heavy atom. The number of aromatic nitrogens is 4. The predicted molar refractivity (Wildman–Crippen MR) is 244 cm³/mol. The van der Waals surface area contributed by atoms with Crippen molar-refractivity contribution < 1.29 is 0 Å². The van der Waals surface area contributed by atoms with E-state index in [0.29, 0.717) is 5.95 Å². The number of hydrogen-bond acceptors (Lipinski definition) is 2. The zero-order chi connectivity index (χ0) is 37.9. The zero-order valence-electron chi connectivity index (χ0n) is 31.3. The first kappa shape index (κ1) is 31.4. The van der Waals surface area contributed by atoms with Gasteiger partial charge in [-0.2, -0.15) is 0 Å². The summed E-state index contributed by atoms with van der Waals surface area (Å²) in [7, 11) is 0. The van der Waals surface area contributed by atoms with Crippen LogP contribution in [-0.4, -0.2) is 19.1 Å². The normalized spacial score (nSPS) is 12.1. The number of benzene rings is 10. The molecule has 4 heteroatoms. The Hall–Kier alpha value is -7.82. The SMILES string of the molecule is c1ccc(-n2c3ccccc3c3c(-c4nc(-n5c6ccc7ccccc7c6c6c7c8ccccc8c8ccccc8c7ccc65)nc5ccccc45)cccc32)cc1. The summed E-state index contributed by atoms with van der Waals surface area (Å²) >= 11 is 0. The molecule has 0 aliphatic heterocycles. The minimum absolute atomic E-state index is 0.650. The van der Waals surface area contributed by atoms with E-state index in [-0.39, 0.29) is 0 Å². The van der Waals surface area contributed by atoms with Crippen LogP contribution in [0.2, 0.25) is 0 Å². The van der Waals surface area contributed by atoms with Gasteiger partial charge in [0.05, 0.1) is 33.3 Å². The summed E-state index contributed by atoms with van der Waals surface area (Å²) in [6.45, 7) is 0. The molecule has 0 saturated carbocycles. The van der Waals surface area contributed by atoms with Gasteiger partial charge in [-0.25, -0.2) is 9.97 Å². The molecule has 4 nitrogen and oxygen atoms in total. The van der Waals surface area contributed by atoms with Crippen molar-refractivity contribution in [3.8, 4) is 22.9 Å². The molecule has 0 unspecified atom stereocenters. The molecular weight excluding hydrogens is 705 g/mol. The average molecular weight is 737 g/mol. The molecule has 0 atom stereocenters. The van der Waals surface area contributed by atoms with Gasteiger partial charge in [-0.3, -0.25) is 4.57 Å². The topological polar surface area (TPSA) is 35.6 Å². The molecule has 0 amide bonds. The fraction of sp³-hybridized carbons (Fsp3) is 0. The lowest BCUT2D eigenvalue weighted by Gasteiger charge is -2.14. The molecule has 0 saturated heterocycles. The summed E-state index contributed by atoms with van der Waals surface area (Å²) in [4.78, 5) is 11.1. The molecule has 0 aliphatic carbocycles. The Balaban J connectivity index is 1.19. The van der Waals surface area contributed by atoms with Gasteiger partial charge in [0.25, 0.3) is 0 Å². The molecule has 3 heterocycles. The highest BCUT2D eigenvalue weighted by Gasteiger charge is 2.24. The summed E-state index contributed by atoms with van der Waals surface area (Å²) < 4.78 is 4.68. The summed E-state index contributed by atoms with van der Waals surface area (Å²) in [5.41, 5.74) is 8.49. The van der Waals surface area contributed by atoms with E-state index in [9.17, 15) is 0 Å². The second kappa shape index (κ2) is 11.8. The van der Waals surface area contributed by atoms with Crippen LogP contribution in [0.4, 0.5) is 0 Å². The standard InChI is InChI=1S/C54H32N4/c1-2-16-34(17-3-1)57-45-27-13-11-24-42(45)49-43(25-14-28-46(49)57)53-41-23-10-12-26-44(41)55-54(56-53)58-47-31-29-33-15-4-5-18-35(33)51(47)52-48(58)32-30-40-38-21-7-6-19-36(38)37-20-8-9-22-39(37)50(40)52/h1-32H. The first-order valence-corrected chi connectivity index (χ1v) is 19.8. The average Bonchev–Trinajstić information content (AvgIpc) is 3.82. The van der Waals surface area contributed by atoms with Crippen LogP contribution in [0.3, 0.4) is 0 Å². The van der Waals surface area contributed by atoms with Crippen LogP contribution in [-0.2, 0) is 0 Å². The number of fused-ring (bicyclic) bond motifs is 16. The van der Waals surface area contributed by atoms with Gasteiger partial charge in [0, 0.05) is 43.6 Å². The van der Waals surface area contributed by atoms with Crippen molar-refractivity contribution in [2.75, 3.05) is 0 Å². The van der Waals surface area contributed by atoms with E-state index in [0.717, 1.165) is 49.9 Å². The lowest BCUT2D eigenvalue weighted by Crippen LogP contribution is -2.03. The van der Waals surface area contributed by atoms with Crippen molar-refractivity contribution in [1.82, 2.24) is 19.1 Å². The van der Waals surface area contributed by atoms with Crippen LogP contribution in [0.1, 0.15) is 0 Å². The molecule has 58 heavy (non-hydrogen) atoms. The Morgan fingerprint density at radius 2 is 0.862 bits per heavy atom. The first-order valence-electron chi connectivity index (χ1n) is 19.8. The number of para-hydroxylation sites is 3. The fourth-order valence-corrected chi connectivity index (χ4v) is 9.92. The second-order valence-electron chi connectivity index (χ2n) is 15.3. The molecule has 3 aromatic heterocycles. The lowest BCUT2D eigenvalue weighted by molar-refractivity contribution is 1.01. The third kappa shape index (κ3) is 4.23. The molecule has 0 spiro atoms. The van der Waals surface area contributed by atoms with Crippen LogP contribution < -0.4 is 0 Å². The summed E-state index contributed by atoms with van der Waals surface area (Å²) in [5.74, 6) is 0.650. The van der Waals surface area contributed by atoms with Crippen molar-refractivity contribution in [3.63, 3.8) is 0 Å². The predicted octanol–water partition coefficient (Wildman–Crippen LogP) is 14.1. The van der Waals surface area contributed by atoms with Crippen LogP contribution in [0.25, 0.3) is 120 Å².